The van der Waals surface area contributed by atoms with Gasteiger partial charge < -0.3 is 19.2 Å². The van der Waals surface area contributed by atoms with E-state index in [1.165, 1.54) is 0 Å². The standard InChI is InChI=1S/C15H23BO4/c1-14(2)15(3,4)20-16(19-14)12-10-11(8-9-17)6-7-13(12)18-5/h6-7,10,17H,8-9H2,1-5H3. The summed E-state index contributed by atoms with van der Waals surface area (Å²) in [6.45, 7) is 8.22. The van der Waals surface area contributed by atoms with Crippen LogP contribution in [0.2, 0.25) is 0 Å². The van der Waals surface area contributed by atoms with Gasteiger partial charge in [-0.3, -0.25) is 0 Å². The van der Waals surface area contributed by atoms with Crippen LogP contribution in [-0.4, -0.2) is 37.1 Å². The third-order valence-electron chi connectivity index (χ3n) is 4.20. The average Bonchev–Trinajstić information content (AvgIpc) is 2.59. The van der Waals surface area contributed by atoms with Gasteiger partial charge in [0, 0.05) is 12.1 Å². The zero-order chi connectivity index (χ0) is 15.0. The molecule has 1 heterocycles. The van der Waals surface area contributed by atoms with Crippen LogP contribution in [0.3, 0.4) is 0 Å². The summed E-state index contributed by atoms with van der Waals surface area (Å²) >= 11 is 0. The first-order valence-corrected chi connectivity index (χ1v) is 6.94. The van der Waals surface area contributed by atoms with Gasteiger partial charge in [-0.2, -0.15) is 0 Å². The van der Waals surface area contributed by atoms with Gasteiger partial charge in [0.25, 0.3) is 0 Å². The SMILES string of the molecule is COc1ccc(CCO)cc1B1OC(C)(C)C(C)(C)O1. The highest BCUT2D eigenvalue weighted by atomic mass is 16.7. The number of aliphatic hydroxyl groups is 1. The maximum absolute atomic E-state index is 9.07. The summed E-state index contributed by atoms with van der Waals surface area (Å²) < 4.78 is 17.5. The van der Waals surface area contributed by atoms with Gasteiger partial charge in [0.05, 0.1) is 18.3 Å². The summed E-state index contributed by atoms with van der Waals surface area (Å²) in [5.41, 5.74) is 1.15. The van der Waals surface area contributed by atoms with Crippen molar-refractivity contribution in [3.05, 3.63) is 23.8 Å². The molecule has 1 aliphatic rings. The minimum Gasteiger partial charge on any atom is -0.497 e. The van der Waals surface area contributed by atoms with Crippen LogP contribution >= 0.6 is 0 Å². The maximum Gasteiger partial charge on any atom is 0.498 e. The van der Waals surface area contributed by atoms with Gasteiger partial charge in [0.2, 0.25) is 0 Å². The Morgan fingerprint density at radius 2 is 1.75 bits per heavy atom. The fourth-order valence-electron chi connectivity index (χ4n) is 2.22. The Hall–Kier alpha value is -1.04. The highest BCUT2D eigenvalue weighted by Crippen LogP contribution is 2.37. The van der Waals surface area contributed by atoms with Gasteiger partial charge in [-0.05, 0) is 45.7 Å². The van der Waals surface area contributed by atoms with E-state index in [1.807, 2.05) is 45.9 Å². The lowest BCUT2D eigenvalue weighted by Gasteiger charge is -2.32. The van der Waals surface area contributed by atoms with E-state index < -0.39 is 7.12 Å². The van der Waals surface area contributed by atoms with Crippen LogP contribution in [0.1, 0.15) is 33.3 Å². The second-order valence-electron chi connectivity index (χ2n) is 6.14. The first kappa shape index (κ1) is 15.4. The van der Waals surface area contributed by atoms with E-state index in [2.05, 4.69) is 0 Å². The van der Waals surface area contributed by atoms with Gasteiger partial charge >= 0.3 is 7.12 Å². The van der Waals surface area contributed by atoms with Gasteiger partial charge in [0.15, 0.2) is 0 Å². The number of hydrogen-bond donors (Lipinski definition) is 1. The van der Waals surface area contributed by atoms with Crippen LogP contribution in [0.25, 0.3) is 0 Å². The molecular weight excluding hydrogens is 255 g/mol. The lowest BCUT2D eigenvalue weighted by molar-refractivity contribution is 0.00578. The predicted octanol–water partition coefficient (Wildman–Crippen LogP) is 1.53. The Morgan fingerprint density at radius 1 is 1.15 bits per heavy atom. The lowest BCUT2D eigenvalue weighted by Crippen LogP contribution is -2.41. The van der Waals surface area contributed by atoms with Gasteiger partial charge in [-0.1, -0.05) is 12.1 Å². The van der Waals surface area contributed by atoms with Crippen LogP contribution < -0.4 is 10.2 Å². The zero-order valence-corrected chi connectivity index (χ0v) is 12.9. The van der Waals surface area contributed by atoms with Crippen molar-refractivity contribution in [2.45, 2.75) is 45.3 Å². The molecule has 4 nitrogen and oxygen atoms in total. The van der Waals surface area contributed by atoms with Crippen molar-refractivity contribution >= 4 is 12.6 Å². The molecule has 1 aromatic rings. The normalized spacial score (nSPS) is 20.2. The molecule has 110 valence electrons. The molecule has 5 heteroatoms. The van der Waals surface area contributed by atoms with Crippen molar-refractivity contribution in [3.8, 4) is 5.75 Å². The molecule has 0 radical (unpaired) electrons. The zero-order valence-electron chi connectivity index (χ0n) is 12.9. The molecule has 0 unspecified atom stereocenters. The number of methoxy groups -OCH3 is 1. The minimum atomic E-state index is -0.450. The molecule has 20 heavy (non-hydrogen) atoms. The highest BCUT2D eigenvalue weighted by molar-refractivity contribution is 6.63. The van der Waals surface area contributed by atoms with Crippen molar-refractivity contribution in [2.24, 2.45) is 0 Å². The summed E-state index contributed by atoms with van der Waals surface area (Å²) in [6, 6.07) is 5.83. The fourth-order valence-corrected chi connectivity index (χ4v) is 2.22. The molecule has 1 aromatic carbocycles. The molecule has 2 rings (SSSR count). The number of rotatable bonds is 4. The predicted molar refractivity (Wildman–Crippen MR) is 79.5 cm³/mol. The molecule has 1 aliphatic heterocycles. The third-order valence-corrected chi connectivity index (χ3v) is 4.20. The number of hydrogen-bond acceptors (Lipinski definition) is 4. The average molecular weight is 278 g/mol. The van der Waals surface area contributed by atoms with Crippen molar-refractivity contribution < 1.29 is 19.2 Å². The molecule has 0 spiro atoms. The second-order valence-corrected chi connectivity index (χ2v) is 6.14. The van der Waals surface area contributed by atoms with Crippen molar-refractivity contribution in [2.75, 3.05) is 13.7 Å². The largest absolute Gasteiger partial charge is 0.498 e. The number of benzene rings is 1. The summed E-state index contributed by atoms with van der Waals surface area (Å²) in [5, 5.41) is 9.07. The molecule has 0 bridgehead atoms. The molecule has 0 atom stereocenters. The topological polar surface area (TPSA) is 47.9 Å². The van der Waals surface area contributed by atoms with Gasteiger partial charge in [0.1, 0.15) is 5.75 Å². The Bertz CT molecular complexity index is 469. The lowest BCUT2D eigenvalue weighted by atomic mass is 9.77. The summed E-state index contributed by atoms with van der Waals surface area (Å²) in [5.74, 6) is 0.741. The molecular formula is C15H23BO4. The summed E-state index contributed by atoms with van der Waals surface area (Å²) in [7, 11) is 1.18. The summed E-state index contributed by atoms with van der Waals surface area (Å²) in [4.78, 5) is 0. The first-order chi connectivity index (χ1) is 9.30. The van der Waals surface area contributed by atoms with Crippen molar-refractivity contribution in [1.29, 1.82) is 0 Å². The van der Waals surface area contributed by atoms with Crippen LogP contribution in [0, 0.1) is 0 Å². The highest BCUT2D eigenvalue weighted by Gasteiger charge is 2.52. The number of aliphatic hydroxyl groups excluding tert-OH is 1. The number of ether oxygens (including phenoxy) is 1. The molecule has 1 saturated heterocycles. The smallest absolute Gasteiger partial charge is 0.497 e. The van der Waals surface area contributed by atoms with E-state index in [9.17, 15) is 0 Å². The van der Waals surface area contributed by atoms with Crippen LogP contribution in [-0.2, 0) is 15.7 Å². The van der Waals surface area contributed by atoms with Gasteiger partial charge in [-0.25, -0.2) is 0 Å². The van der Waals surface area contributed by atoms with E-state index in [0.717, 1.165) is 16.8 Å². The fraction of sp³-hybridized carbons (Fsp3) is 0.600. The van der Waals surface area contributed by atoms with Gasteiger partial charge in [-0.15, -0.1) is 0 Å². The van der Waals surface area contributed by atoms with Crippen molar-refractivity contribution in [1.82, 2.24) is 0 Å². The van der Waals surface area contributed by atoms with Crippen LogP contribution in [0.15, 0.2) is 18.2 Å². The second kappa shape index (κ2) is 5.39. The van der Waals surface area contributed by atoms with Crippen LogP contribution in [0.4, 0.5) is 0 Å². The molecule has 0 aromatic heterocycles. The van der Waals surface area contributed by atoms with E-state index in [-0.39, 0.29) is 17.8 Å². The van der Waals surface area contributed by atoms with E-state index in [0.29, 0.717) is 6.42 Å². The molecule has 0 aliphatic carbocycles. The monoisotopic (exact) mass is 278 g/mol. The molecule has 0 saturated carbocycles. The van der Waals surface area contributed by atoms with E-state index >= 15 is 0 Å². The molecule has 1 N–H and O–H groups in total. The molecule has 0 amide bonds. The summed E-state index contributed by atoms with van der Waals surface area (Å²) in [6.07, 6.45) is 0.608. The van der Waals surface area contributed by atoms with E-state index in [1.54, 1.807) is 7.11 Å². The quantitative estimate of drug-likeness (QED) is 0.848. The van der Waals surface area contributed by atoms with E-state index in [4.69, 9.17) is 19.2 Å². The maximum atomic E-state index is 9.07. The minimum absolute atomic E-state index is 0.120. The third kappa shape index (κ3) is 2.71. The first-order valence-electron chi connectivity index (χ1n) is 6.94. The van der Waals surface area contributed by atoms with Crippen molar-refractivity contribution in [3.63, 3.8) is 0 Å². The molecule has 1 fully saturated rings. The Balaban J connectivity index is 2.35. The van der Waals surface area contributed by atoms with Crippen LogP contribution in [0.5, 0.6) is 5.75 Å². The Morgan fingerprint density at radius 3 is 2.25 bits per heavy atom. The Labute approximate surface area is 121 Å². The Kier molecular flexibility index (Phi) is 4.14.